The van der Waals surface area contributed by atoms with Crippen molar-refractivity contribution in [1.29, 1.82) is 0 Å². The standard InChI is InChI=1S/C15H19ClN2OS/c1-15(2,10-19)14(12-4-3-7-20-12)18-9-11-5-6-13(16)17-8-11/h3-8,14,18-19H,9-10H2,1-2H3/t14-/m1/s1. The van der Waals surface area contributed by atoms with E-state index in [1.165, 1.54) is 4.88 Å². The average Bonchev–Trinajstić information content (AvgIpc) is 2.95. The number of hydrogen-bond acceptors (Lipinski definition) is 4. The lowest BCUT2D eigenvalue weighted by Gasteiger charge is -2.33. The molecule has 0 aliphatic carbocycles. The molecule has 2 aromatic heterocycles. The van der Waals surface area contributed by atoms with Gasteiger partial charge in [0.1, 0.15) is 5.15 Å². The van der Waals surface area contributed by atoms with E-state index in [1.807, 2.05) is 12.1 Å². The summed E-state index contributed by atoms with van der Waals surface area (Å²) in [4.78, 5) is 5.31. The van der Waals surface area contributed by atoms with Crippen LogP contribution in [0.25, 0.3) is 0 Å². The molecule has 0 bridgehead atoms. The van der Waals surface area contributed by atoms with Gasteiger partial charge in [0.15, 0.2) is 0 Å². The molecule has 0 aromatic carbocycles. The van der Waals surface area contributed by atoms with Gasteiger partial charge in [0.25, 0.3) is 0 Å². The Kier molecular flexibility index (Phi) is 5.16. The van der Waals surface area contributed by atoms with Crippen LogP contribution in [0.3, 0.4) is 0 Å². The summed E-state index contributed by atoms with van der Waals surface area (Å²) in [5, 5.41) is 15.7. The lowest BCUT2D eigenvalue weighted by Crippen LogP contribution is -2.36. The maximum atomic E-state index is 9.63. The summed E-state index contributed by atoms with van der Waals surface area (Å²) in [6, 6.07) is 7.98. The van der Waals surface area contributed by atoms with Gasteiger partial charge in [0.05, 0.1) is 6.61 Å². The second-order valence-corrected chi connectivity index (χ2v) is 6.83. The zero-order valence-corrected chi connectivity index (χ0v) is 13.2. The molecule has 0 radical (unpaired) electrons. The van der Waals surface area contributed by atoms with Gasteiger partial charge in [0, 0.05) is 29.1 Å². The third-order valence-corrected chi connectivity index (χ3v) is 4.48. The first-order valence-corrected chi connectivity index (χ1v) is 7.77. The highest BCUT2D eigenvalue weighted by atomic mass is 35.5. The first kappa shape index (κ1) is 15.4. The smallest absolute Gasteiger partial charge is 0.129 e. The fourth-order valence-corrected chi connectivity index (χ4v) is 3.16. The van der Waals surface area contributed by atoms with Gasteiger partial charge in [0.2, 0.25) is 0 Å². The second-order valence-electron chi connectivity index (χ2n) is 5.47. The van der Waals surface area contributed by atoms with E-state index >= 15 is 0 Å². The van der Waals surface area contributed by atoms with E-state index in [-0.39, 0.29) is 18.1 Å². The Labute approximate surface area is 128 Å². The number of halogens is 1. The summed E-state index contributed by atoms with van der Waals surface area (Å²) in [5.41, 5.74) is 0.842. The SMILES string of the molecule is CC(C)(CO)[C@H](NCc1ccc(Cl)nc1)c1cccs1. The fourth-order valence-electron chi connectivity index (χ4n) is 2.04. The highest BCUT2D eigenvalue weighted by molar-refractivity contribution is 7.10. The van der Waals surface area contributed by atoms with E-state index in [0.29, 0.717) is 11.7 Å². The van der Waals surface area contributed by atoms with Crippen molar-refractivity contribution in [3.8, 4) is 0 Å². The average molecular weight is 311 g/mol. The maximum absolute atomic E-state index is 9.63. The first-order valence-electron chi connectivity index (χ1n) is 6.51. The lowest BCUT2D eigenvalue weighted by molar-refractivity contribution is 0.116. The molecular formula is C15H19ClN2OS. The van der Waals surface area contributed by atoms with Gasteiger partial charge in [-0.25, -0.2) is 4.98 Å². The van der Waals surface area contributed by atoms with Crippen molar-refractivity contribution in [1.82, 2.24) is 10.3 Å². The lowest BCUT2D eigenvalue weighted by atomic mass is 9.84. The van der Waals surface area contributed by atoms with Gasteiger partial charge in [-0.2, -0.15) is 0 Å². The normalized spacial score (nSPS) is 13.4. The zero-order valence-electron chi connectivity index (χ0n) is 11.6. The number of aliphatic hydroxyl groups excluding tert-OH is 1. The first-order chi connectivity index (χ1) is 9.53. The summed E-state index contributed by atoms with van der Waals surface area (Å²) in [7, 11) is 0. The van der Waals surface area contributed by atoms with E-state index in [2.05, 4.69) is 35.6 Å². The van der Waals surface area contributed by atoms with Gasteiger partial charge < -0.3 is 10.4 Å². The largest absolute Gasteiger partial charge is 0.396 e. The topological polar surface area (TPSA) is 45.1 Å². The van der Waals surface area contributed by atoms with Gasteiger partial charge in [-0.05, 0) is 23.1 Å². The minimum atomic E-state index is -0.231. The summed E-state index contributed by atoms with van der Waals surface area (Å²) >= 11 is 7.49. The van der Waals surface area contributed by atoms with Crippen LogP contribution in [0, 0.1) is 5.41 Å². The molecule has 1 atom stereocenters. The Bertz CT molecular complexity index is 525. The predicted octanol–water partition coefficient (Wildman–Crippen LogP) is 3.65. The van der Waals surface area contributed by atoms with Crippen LogP contribution in [-0.4, -0.2) is 16.7 Å². The minimum Gasteiger partial charge on any atom is -0.396 e. The van der Waals surface area contributed by atoms with E-state index in [9.17, 15) is 5.11 Å². The third kappa shape index (κ3) is 3.79. The van der Waals surface area contributed by atoms with Crippen LogP contribution in [0.5, 0.6) is 0 Å². The molecule has 2 rings (SSSR count). The van der Waals surface area contributed by atoms with Crippen LogP contribution in [0.4, 0.5) is 0 Å². The van der Waals surface area contributed by atoms with E-state index in [1.54, 1.807) is 23.6 Å². The Hall–Kier alpha value is -0.940. The molecular weight excluding hydrogens is 292 g/mol. The minimum absolute atomic E-state index is 0.100. The zero-order chi connectivity index (χ0) is 14.6. The summed E-state index contributed by atoms with van der Waals surface area (Å²) in [6.45, 7) is 4.94. The highest BCUT2D eigenvalue weighted by Gasteiger charge is 2.30. The van der Waals surface area contributed by atoms with Crippen LogP contribution >= 0.6 is 22.9 Å². The van der Waals surface area contributed by atoms with E-state index in [4.69, 9.17) is 11.6 Å². The molecule has 5 heteroatoms. The molecule has 0 aliphatic heterocycles. The van der Waals surface area contributed by atoms with Crippen molar-refractivity contribution < 1.29 is 5.11 Å². The number of aliphatic hydroxyl groups is 1. The Morgan fingerprint density at radius 1 is 1.40 bits per heavy atom. The summed E-state index contributed by atoms with van der Waals surface area (Å²) in [5.74, 6) is 0. The van der Waals surface area contributed by atoms with Crippen molar-refractivity contribution in [2.45, 2.75) is 26.4 Å². The molecule has 108 valence electrons. The van der Waals surface area contributed by atoms with Crippen LogP contribution in [0.1, 0.15) is 30.3 Å². The number of nitrogens with one attached hydrogen (secondary N) is 1. The Balaban J connectivity index is 2.11. The molecule has 0 amide bonds. The van der Waals surface area contributed by atoms with Crippen molar-refractivity contribution >= 4 is 22.9 Å². The number of pyridine rings is 1. The van der Waals surface area contributed by atoms with Crippen molar-refractivity contribution in [3.63, 3.8) is 0 Å². The van der Waals surface area contributed by atoms with Crippen LogP contribution in [0.15, 0.2) is 35.8 Å². The van der Waals surface area contributed by atoms with Crippen LogP contribution in [0.2, 0.25) is 5.15 Å². The Morgan fingerprint density at radius 2 is 2.20 bits per heavy atom. The van der Waals surface area contributed by atoms with Crippen molar-refractivity contribution in [3.05, 3.63) is 51.4 Å². The molecule has 0 unspecified atom stereocenters. The number of nitrogens with zero attached hydrogens (tertiary/aromatic N) is 1. The van der Waals surface area contributed by atoms with Gasteiger partial charge in [-0.15, -0.1) is 11.3 Å². The molecule has 0 fully saturated rings. The fraction of sp³-hybridized carbons (Fsp3) is 0.400. The van der Waals surface area contributed by atoms with Gasteiger partial charge in [-0.1, -0.05) is 37.6 Å². The quantitative estimate of drug-likeness (QED) is 0.801. The maximum Gasteiger partial charge on any atom is 0.129 e. The van der Waals surface area contributed by atoms with Crippen LogP contribution < -0.4 is 5.32 Å². The second kappa shape index (κ2) is 6.68. The number of thiophene rings is 1. The summed E-state index contributed by atoms with van der Waals surface area (Å²) < 4.78 is 0. The van der Waals surface area contributed by atoms with E-state index in [0.717, 1.165) is 5.56 Å². The number of aromatic nitrogens is 1. The molecule has 3 nitrogen and oxygen atoms in total. The van der Waals surface area contributed by atoms with Crippen LogP contribution in [-0.2, 0) is 6.54 Å². The number of rotatable bonds is 6. The van der Waals surface area contributed by atoms with Crippen molar-refractivity contribution in [2.75, 3.05) is 6.61 Å². The number of hydrogen-bond donors (Lipinski definition) is 2. The molecule has 2 N–H and O–H groups in total. The monoisotopic (exact) mass is 310 g/mol. The summed E-state index contributed by atoms with van der Waals surface area (Å²) in [6.07, 6.45) is 1.77. The Morgan fingerprint density at radius 3 is 2.75 bits per heavy atom. The molecule has 0 aliphatic rings. The molecule has 20 heavy (non-hydrogen) atoms. The molecule has 0 saturated carbocycles. The molecule has 2 aromatic rings. The third-order valence-electron chi connectivity index (χ3n) is 3.32. The molecule has 2 heterocycles. The van der Waals surface area contributed by atoms with Gasteiger partial charge in [-0.3, -0.25) is 0 Å². The highest BCUT2D eigenvalue weighted by Crippen LogP contribution is 2.35. The van der Waals surface area contributed by atoms with Crippen molar-refractivity contribution in [2.24, 2.45) is 5.41 Å². The van der Waals surface area contributed by atoms with Gasteiger partial charge >= 0.3 is 0 Å². The molecule has 0 spiro atoms. The molecule has 0 saturated heterocycles. The van der Waals surface area contributed by atoms with E-state index < -0.39 is 0 Å². The predicted molar refractivity (Wildman–Crippen MR) is 84.0 cm³/mol.